The van der Waals surface area contributed by atoms with E-state index in [0.29, 0.717) is 53.3 Å². The predicted octanol–water partition coefficient (Wildman–Crippen LogP) is 7.30. The molecule has 0 radical (unpaired) electrons. The molecule has 6 rings (SSSR count). The van der Waals surface area contributed by atoms with E-state index in [-0.39, 0.29) is 17.7 Å². The Hall–Kier alpha value is -5.49. The highest BCUT2D eigenvalue weighted by atomic mass is 16.2. The first kappa shape index (κ1) is 26.7. The van der Waals surface area contributed by atoms with Crippen molar-refractivity contribution in [3.63, 3.8) is 0 Å². The summed E-state index contributed by atoms with van der Waals surface area (Å²) in [4.78, 5) is 43.8. The minimum absolute atomic E-state index is 0.0914. The van der Waals surface area contributed by atoms with Gasteiger partial charge in [-0.2, -0.15) is 0 Å². The molecular formula is C36H29N3O3. The number of carbonyl (C=O) groups is 3. The number of carbonyl (C=O) groups excluding carboxylic acids is 3. The number of nitrogens with zero attached hydrogens (tertiary/aromatic N) is 2. The van der Waals surface area contributed by atoms with Crippen LogP contribution in [0.25, 0.3) is 11.1 Å². The third-order valence-corrected chi connectivity index (χ3v) is 7.38. The Morgan fingerprint density at radius 2 is 1.02 bits per heavy atom. The second-order valence-corrected chi connectivity index (χ2v) is 10.1. The SMILES string of the molecule is O=C(Nc1ccc(C(=O)N2CCCN(C(=O)c3ccccc3)c3ccccc32)cc1)c1ccccc1-c1ccccc1. The molecule has 0 saturated heterocycles. The van der Waals surface area contributed by atoms with E-state index in [2.05, 4.69) is 5.32 Å². The summed E-state index contributed by atoms with van der Waals surface area (Å²) in [7, 11) is 0. The molecule has 1 N–H and O–H groups in total. The molecule has 42 heavy (non-hydrogen) atoms. The summed E-state index contributed by atoms with van der Waals surface area (Å²) in [6.07, 6.45) is 0.633. The van der Waals surface area contributed by atoms with Crippen LogP contribution in [-0.4, -0.2) is 30.8 Å². The molecule has 1 aliphatic rings. The van der Waals surface area contributed by atoms with E-state index in [4.69, 9.17) is 0 Å². The molecule has 0 unspecified atom stereocenters. The van der Waals surface area contributed by atoms with Gasteiger partial charge in [0, 0.05) is 35.5 Å². The molecule has 6 heteroatoms. The molecule has 0 bridgehead atoms. The molecule has 1 aliphatic heterocycles. The van der Waals surface area contributed by atoms with Crippen LogP contribution < -0.4 is 15.1 Å². The van der Waals surface area contributed by atoms with Gasteiger partial charge in [-0.15, -0.1) is 0 Å². The monoisotopic (exact) mass is 551 g/mol. The number of anilines is 3. The first-order valence-corrected chi connectivity index (χ1v) is 13.9. The number of nitrogens with one attached hydrogen (secondary N) is 1. The van der Waals surface area contributed by atoms with Crippen molar-refractivity contribution in [2.75, 3.05) is 28.2 Å². The molecule has 0 spiro atoms. The van der Waals surface area contributed by atoms with Crippen LogP contribution in [0.2, 0.25) is 0 Å². The van der Waals surface area contributed by atoms with E-state index in [1.807, 2.05) is 91.0 Å². The molecule has 5 aromatic carbocycles. The van der Waals surface area contributed by atoms with Crippen LogP contribution in [-0.2, 0) is 0 Å². The van der Waals surface area contributed by atoms with E-state index in [0.717, 1.165) is 11.1 Å². The number of fused-ring (bicyclic) bond motifs is 1. The zero-order valence-corrected chi connectivity index (χ0v) is 22.9. The van der Waals surface area contributed by atoms with Crippen LogP contribution in [0.1, 0.15) is 37.5 Å². The zero-order chi connectivity index (χ0) is 28.9. The molecule has 0 fully saturated rings. The summed E-state index contributed by atoms with van der Waals surface area (Å²) in [6, 6.07) is 40.9. The molecule has 6 nitrogen and oxygen atoms in total. The first-order chi connectivity index (χ1) is 20.6. The Morgan fingerprint density at radius 3 is 1.64 bits per heavy atom. The number of benzene rings is 5. The zero-order valence-electron chi connectivity index (χ0n) is 22.9. The van der Waals surface area contributed by atoms with Gasteiger partial charge in [-0.25, -0.2) is 0 Å². The van der Waals surface area contributed by atoms with Gasteiger partial charge in [0.2, 0.25) is 0 Å². The largest absolute Gasteiger partial charge is 0.322 e. The van der Waals surface area contributed by atoms with Crippen LogP contribution >= 0.6 is 0 Å². The van der Waals surface area contributed by atoms with E-state index < -0.39 is 0 Å². The predicted molar refractivity (Wildman–Crippen MR) is 167 cm³/mol. The lowest BCUT2D eigenvalue weighted by Crippen LogP contribution is -2.31. The summed E-state index contributed by atoms with van der Waals surface area (Å²) in [5.74, 6) is -0.479. The molecule has 3 amide bonds. The van der Waals surface area contributed by atoms with Gasteiger partial charge >= 0.3 is 0 Å². The van der Waals surface area contributed by atoms with Crippen LogP contribution in [0.15, 0.2) is 133 Å². The third-order valence-electron chi connectivity index (χ3n) is 7.38. The van der Waals surface area contributed by atoms with Gasteiger partial charge in [0.1, 0.15) is 0 Å². The average Bonchev–Trinajstić information content (AvgIpc) is 3.25. The van der Waals surface area contributed by atoms with E-state index in [9.17, 15) is 14.4 Å². The Bertz CT molecular complexity index is 1730. The minimum atomic E-state index is -0.224. The summed E-state index contributed by atoms with van der Waals surface area (Å²) >= 11 is 0. The van der Waals surface area contributed by atoms with Crippen molar-refractivity contribution in [2.24, 2.45) is 0 Å². The van der Waals surface area contributed by atoms with Crippen molar-refractivity contribution >= 4 is 34.8 Å². The fraction of sp³-hybridized carbons (Fsp3) is 0.0833. The topological polar surface area (TPSA) is 69.7 Å². The van der Waals surface area contributed by atoms with Crippen molar-refractivity contribution in [1.29, 1.82) is 0 Å². The van der Waals surface area contributed by atoms with Crippen LogP contribution in [0, 0.1) is 0 Å². The van der Waals surface area contributed by atoms with Gasteiger partial charge in [-0.3, -0.25) is 14.4 Å². The molecule has 0 atom stereocenters. The molecule has 0 saturated carbocycles. The second kappa shape index (κ2) is 11.9. The normalized spacial score (nSPS) is 12.7. The number of hydrogen-bond donors (Lipinski definition) is 1. The molecular weight excluding hydrogens is 522 g/mol. The van der Waals surface area contributed by atoms with E-state index in [1.165, 1.54) is 0 Å². The summed E-state index contributed by atoms with van der Waals surface area (Å²) in [5, 5.41) is 2.97. The average molecular weight is 552 g/mol. The maximum atomic E-state index is 13.8. The van der Waals surface area contributed by atoms with Crippen LogP contribution in [0.5, 0.6) is 0 Å². The lowest BCUT2D eigenvalue weighted by Gasteiger charge is -2.25. The van der Waals surface area contributed by atoms with Gasteiger partial charge in [-0.05, 0) is 72.1 Å². The lowest BCUT2D eigenvalue weighted by molar-refractivity contribution is 0.0981. The Morgan fingerprint density at radius 1 is 0.524 bits per heavy atom. The van der Waals surface area contributed by atoms with Crippen LogP contribution in [0.4, 0.5) is 17.1 Å². The van der Waals surface area contributed by atoms with Crippen molar-refractivity contribution in [3.05, 3.63) is 150 Å². The van der Waals surface area contributed by atoms with Crippen molar-refractivity contribution in [2.45, 2.75) is 6.42 Å². The van der Waals surface area contributed by atoms with Gasteiger partial charge in [0.05, 0.1) is 11.4 Å². The van der Waals surface area contributed by atoms with Crippen molar-refractivity contribution in [3.8, 4) is 11.1 Å². The highest BCUT2D eigenvalue weighted by molar-refractivity contribution is 6.13. The van der Waals surface area contributed by atoms with Crippen molar-refractivity contribution in [1.82, 2.24) is 0 Å². The smallest absolute Gasteiger partial charge is 0.258 e. The number of hydrogen-bond acceptors (Lipinski definition) is 3. The Labute approximate surface area is 244 Å². The fourth-order valence-corrected chi connectivity index (χ4v) is 5.31. The third kappa shape index (κ3) is 5.43. The highest BCUT2D eigenvalue weighted by Crippen LogP contribution is 2.34. The molecule has 206 valence electrons. The standard InChI is InChI=1S/C36H29N3O3/c40-34(31-17-8-7-16-30(31)26-12-3-1-4-13-26)37-29-22-20-28(21-23-29)36(42)39-25-11-24-38(32-18-9-10-19-33(32)39)35(41)27-14-5-2-6-15-27/h1-10,12-23H,11,24-25H2,(H,37,40). The molecule has 0 aromatic heterocycles. The summed E-state index contributed by atoms with van der Waals surface area (Å²) in [6.45, 7) is 0.979. The van der Waals surface area contributed by atoms with Gasteiger partial charge in [0.25, 0.3) is 17.7 Å². The first-order valence-electron chi connectivity index (χ1n) is 13.9. The van der Waals surface area contributed by atoms with Gasteiger partial charge < -0.3 is 15.1 Å². The quantitative estimate of drug-likeness (QED) is 0.249. The van der Waals surface area contributed by atoms with Crippen molar-refractivity contribution < 1.29 is 14.4 Å². The van der Waals surface area contributed by atoms with Gasteiger partial charge in [0.15, 0.2) is 0 Å². The minimum Gasteiger partial charge on any atom is -0.322 e. The van der Waals surface area contributed by atoms with Crippen LogP contribution in [0.3, 0.4) is 0 Å². The van der Waals surface area contributed by atoms with E-state index in [1.54, 1.807) is 52.3 Å². The molecule has 0 aliphatic carbocycles. The lowest BCUT2D eigenvalue weighted by atomic mass is 9.99. The maximum absolute atomic E-state index is 13.8. The highest BCUT2D eigenvalue weighted by Gasteiger charge is 2.28. The Balaban J connectivity index is 1.21. The summed E-state index contributed by atoms with van der Waals surface area (Å²) in [5.41, 5.74) is 5.48. The Kier molecular flexibility index (Phi) is 7.60. The summed E-state index contributed by atoms with van der Waals surface area (Å²) < 4.78 is 0. The molecule has 1 heterocycles. The fourth-order valence-electron chi connectivity index (χ4n) is 5.31. The second-order valence-electron chi connectivity index (χ2n) is 10.1. The number of amides is 3. The van der Waals surface area contributed by atoms with Gasteiger partial charge in [-0.1, -0.05) is 78.9 Å². The molecule has 5 aromatic rings. The number of rotatable bonds is 5. The van der Waals surface area contributed by atoms with E-state index >= 15 is 0 Å². The maximum Gasteiger partial charge on any atom is 0.258 e. The number of para-hydroxylation sites is 2.